The second-order valence-electron chi connectivity index (χ2n) is 10.2. The molecule has 3 rings (SSSR count). The Bertz CT molecular complexity index is 1410. The molecule has 2 amide bonds. The van der Waals surface area contributed by atoms with Crippen LogP contribution in [-0.4, -0.2) is 64.2 Å². The zero-order valence-corrected chi connectivity index (χ0v) is 26.3. The summed E-state index contributed by atoms with van der Waals surface area (Å²) in [5, 5.41) is 2.97. The third-order valence-corrected chi connectivity index (χ3v) is 8.09. The SMILES string of the molecule is CCCNC(=O)[C@@H](Cc1ccccc1)N(Cc1cccc(OC)c1)C(=O)CCCN(c1ccc(OCC)cc1)S(C)(=O)=O. The summed E-state index contributed by atoms with van der Waals surface area (Å²) in [6, 6.07) is 23.1. The molecule has 3 aromatic rings. The number of amides is 2. The molecule has 10 heteroatoms. The van der Waals surface area contributed by atoms with Gasteiger partial charge in [0.05, 0.1) is 25.7 Å². The van der Waals surface area contributed by atoms with Gasteiger partial charge >= 0.3 is 0 Å². The summed E-state index contributed by atoms with van der Waals surface area (Å²) in [7, 11) is -2.03. The summed E-state index contributed by atoms with van der Waals surface area (Å²) in [5.41, 5.74) is 2.25. The van der Waals surface area contributed by atoms with Gasteiger partial charge in [0.25, 0.3) is 0 Å². The van der Waals surface area contributed by atoms with Crippen LogP contribution in [0.5, 0.6) is 11.5 Å². The average Bonchev–Trinajstić information content (AvgIpc) is 3.00. The number of carbonyl (C=O) groups is 2. The molecule has 0 saturated heterocycles. The normalized spacial score (nSPS) is 11.8. The van der Waals surface area contributed by atoms with Gasteiger partial charge in [-0.15, -0.1) is 0 Å². The van der Waals surface area contributed by atoms with E-state index in [0.717, 1.165) is 23.8 Å². The Labute approximate surface area is 255 Å². The van der Waals surface area contributed by atoms with Crippen molar-refractivity contribution in [2.24, 2.45) is 0 Å². The minimum atomic E-state index is -3.61. The Morgan fingerprint density at radius 3 is 2.23 bits per heavy atom. The van der Waals surface area contributed by atoms with E-state index in [2.05, 4.69) is 5.32 Å². The summed E-state index contributed by atoms with van der Waals surface area (Å²) in [4.78, 5) is 29.0. The quantitative estimate of drug-likeness (QED) is 0.236. The summed E-state index contributed by atoms with van der Waals surface area (Å²) in [6.07, 6.45) is 2.57. The number of sulfonamides is 1. The Kier molecular flexibility index (Phi) is 12.9. The lowest BCUT2D eigenvalue weighted by Gasteiger charge is -2.32. The van der Waals surface area contributed by atoms with Crippen molar-refractivity contribution in [2.75, 3.05) is 37.4 Å². The van der Waals surface area contributed by atoms with Crippen LogP contribution in [0.15, 0.2) is 78.9 Å². The lowest BCUT2D eigenvalue weighted by Crippen LogP contribution is -2.50. The van der Waals surface area contributed by atoms with Gasteiger partial charge in [0.1, 0.15) is 17.5 Å². The van der Waals surface area contributed by atoms with Gasteiger partial charge in [0.15, 0.2) is 0 Å². The molecule has 0 spiro atoms. The maximum atomic E-state index is 13.9. The van der Waals surface area contributed by atoms with Crippen LogP contribution in [0.4, 0.5) is 5.69 Å². The van der Waals surface area contributed by atoms with Crippen molar-refractivity contribution in [3.05, 3.63) is 90.0 Å². The number of hydrogen-bond donors (Lipinski definition) is 1. The van der Waals surface area contributed by atoms with Crippen molar-refractivity contribution in [2.45, 2.75) is 52.1 Å². The molecule has 0 aliphatic heterocycles. The zero-order chi connectivity index (χ0) is 31.2. The average molecular weight is 610 g/mol. The first kappa shape index (κ1) is 33.5. The highest BCUT2D eigenvalue weighted by molar-refractivity contribution is 7.92. The predicted molar refractivity (Wildman–Crippen MR) is 170 cm³/mol. The monoisotopic (exact) mass is 609 g/mol. The van der Waals surface area contributed by atoms with E-state index in [0.29, 0.717) is 36.8 Å². The minimum Gasteiger partial charge on any atom is -0.497 e. The molecule has 0 aromatic heterocycles. The molecule has 0 radical (unpaired) electrons. The first-order valence-electron chi connectivity index (χ1n) is 14.6. The fraction of sp³-hybridized carbons (Fsp3) is 0.394. The number of methoxy groups -OCH3 is 1. The molecule has 43 heavy (non-hydrogen) atoms. The molecule has 0 bridgehead atoms. The van der Waals surface area contributed by atoms with Crippen molar-refractivity contribution in [3.8, 4) is 11.5 Å². The molecule has 0 saturated carbocycles. The number of benzene rings is 3. The van der Waals surface area contributed by atoms with E-state index >= 15 is 0 Å². The molecule has 1 N–H and O–H groups in total. The number of ether oxygens (including phenoxy) is 2. The van der Waals surface area contributed by atoms with Crippen LogP contribution in [-0.2, 0) is 32.6 Å². The second-order valence-corrected chi connectivity index (χ2v) is 12.1. The fourth-order valence-corrected chi connectivity index (χ4v) is 5.73. The van der Waals surface area contributed by atoms with Gasteiger partial charge in [-0.05, 0) is 67.3 Å². The molecule has 0 fully saturated rings. The Morgan fingerprint density at radius 2 is 1.60 bits per heavy atom. The Morgan fingerprint density at radius 1 is 0.907 bits per heavy atom. The van der Waals surface area contributed by atoms with E-state index in [9.17, 15) is 18.0 Å². The van der Waals surface area contributed by atoms with Crippen LogP contribution < -0.4 is 19.1 Å². The number of carbonyl (C=O) groups excluding carboxylic acids is 2. The number of anilines is 1. The molecular formula is C33H43N3O6S. The third-order valence-electron chi connectivity index (χ3n) is 6.90. The van der Waals surface area contributed by atoms with E-state index in [1.54, 1.807) is 36.3 Å². The molecule has 9 nitrogen and oxygen atoms in total. The summed E-state index contributed by atoms with van der Waals surface area (Å²) in [6.45, 7) is 5.16. The van der Waals surface area contributed by atoms with Crippen LogP contribution in [0.25, 0.3) is 0 Å². The molecular weight excluding hydrogens is 566 g/mol. The molecule has 0 heterocycles. The molecule has 0 aliphatic carbocycles. The number of nitrogens with one attached hydrogen (secondary N) is 1. The van der Waals surface area contributed by atoms with Crippen molar-refractivity contribution in [1.82, 2.24) is 10.2 Å². The topological polar surface area (TPSA) is 105 Å². The van der Waals surface area contributed by atoms with Crippen LogP contribution in [0.3, 0.4) is 0 Å². The maximum Gasteiger partial charge on any atom is 0.243 e. The first-order chi connectivity index (χ1) is 20.7. The van der Waals surface area contributed by atoms with Gasteiger partial charge in [0, 0.05) is 32.5 Å². The molecule has 3 aromatic carbocycles. The van der Waals surface area contributed by atoms with E-state index < -0.39 is 16.1 Å². The standard InChI is InChI=1S/C33H43N3O6S/c1-5-21-34-33(38)31(24-26-12-8-7-9-13-26)35(25-27-14-10-15-30(23-27)41-3)32(37)16-11-22-36(43(4,39)40)28-17-19-29(20-18-28)42-6-2/h7-10,12-15,17-20,23,31H,5-6,11,16,21-22,24-25H2,1-4H3,(H,34,38)/t31-/m1/s1. The van der Waals surface area contributed by atoms with E-state index in [1.165, 1.54) is 4.31 Å². The van der Waals surface area contributed by atoms with Crippen LogP contribution in [0, 0.1) is 0 Å². The van der Waals surface area contributed by atoms with Gasteiger partial charge in [-0.1, -0.05) is 49.4 Å². The third kappa shape index (κ3) is 10.3. The predicted octanol–water partition coefficient (Wildman–Crippen LogP) is 4.81. The summed E-state index contributed by atoms with van der Waals surface area (Å²) < 4.78 is 37.5. The second kappa shape index (κ2) is 16.6. The van der Waals surface area contributed by atoms with Crippen LogP contribution in [0.2, 0.25) is 0 Å². The number of nitrogens with zero attached hydrogens (tertiary/aromatic N) is 2. The smallest absolute Gasteiger partial charge is 0.243 e. The van der Waals surface area contributed by atoms with Gasteiger partial charge in [0.2, 0.25) is 21.8 Å². The van der Waals surface area contributed by atoms with E-state index in [1.807, 2.05) is 68.4 Å². The van der Waals surface area contributed by atoms with Crippen molar-refractivity contribution in [3.63, 3.8) is 0 Å². The Balaban J connectivity index is 1.86. The van der Waals surface area contributed by atoms with E-state index in [4.69, 9.17) is 9.47 Å². The molecule has 0 aliphatic rings. The van der Waals surface area contributed by atoms with Gasteiger partial charge in [-0.3, -0.25) is 13.9 Å². The maximum absolute atomic E-state index is 13.9. The van der Waals surface area contributed by atoms with Gasteiger partial charge in [-0.2, -0.15) is 0 Å². The van der Waals surface area contributed by atoms with Crippen molar-refractivity contribution < 1.29 is 27.5 Å². The van der Waals surface area contributed by atoms with Gasteiger partial charge < -0.3 is 19.7 Å². The minimum absolute atomic E-state index is 0.0549. The highest BCUT2D eigenvalue weighted by Gasteiger charge is 2.30. The first-order valence-corrected chi connectivity index (χ1v) is 16.5. The highest BCUT2D eigenvalue weighted by Crippen LogP contribution is 2.23. The van der Waals surface area contributed by atoms with Crippen molar-refractivity contribution >= 4 is 27.5 Å². The van der Waals surface area contributed by atoms with Crippen LogP contribution >= 0.6 is 0 Å². The Hall–Kier alpha value is -4.05. The van der Waals surface area contributed by atoms with Crippen molar-refractivity contribution in [1.29, 1.82) is 0 Å². The van der Waals surface area contributed by atoms with Gasteiger partial charge in [-0.25, -0.2) is 8.42 Å². The van der Waals surface area contributed by atoms with Crippen LogP contribution in [0.1, 0.15) is 44.2 Å². The zero-order valence-electron chi connectivity index (χ0n) is 25.5. The molecule has 0 unspecified atom stereocenters. The number of rotatable bonds is 17. The lowest BCUT2D eigenvalue weighted by molar-refractivity contribution is -0.141. The number of hydrogen-bond acceptors (Lipinski definition) is 6. The lowest BCUT2D eigenvalue weighted by atomic mass is 10.0. The van der Waals surface area contributed by atoms with E-state index in [-0.39, 0.29) is 37.7 Å². The summed E-state index contributed by atoms with van der Waals surface area (Å²) in [5.74, 6) is 0.831. The largest absolute Gasteiger partial charge is 0.497 e. The fourth-order valence-electron chi connectivity index (χ4n) is 4.77. The summed E-state index contributed by atoms with van der Waals surface area (Å²) >= 11 is 0. The molecule has 232 valence electrons. The molecule has 1 atom stereocenters. The highest BCUT2D eigenvalue weighted by atomic mass is 32.2.